The van der Waals surface area contributed by atoms with E-state index in [0.717, 1.165) is 49.0 Å². The van der Waals surface area contributed by atoms with E-state index in [1.807, 2.05) is 18.3 Å². The van der Waals surface area contributed by atoms with Gasteiger partial charge in [0.1, 0.15) is 18.2 Å². The molecule has 1 aromatic heterocycles. The number of aliphatic carboxylic acids is 1. The van der Waals surface area contributed by atoms with Crippen LogP contribution in [0, 0.1) is 0 Å². The fraction of sp³-hybridized carbons (Fsp3) is 0.346. The number of benzene rings is 2. The number of carbonyl (C=O) groups excluding carboxylic acids is 2. The van der Waals surface area contributed by atoms with Crippen LogP contribution in [0.25, 0.3) is 10.9 Å². The number of amides is 2. The topological polar surface area (TPSA) is 170 Å². The molecule has 200 valence electrons. The quantitative estimate of drug-likeness (QED) is 0.195. The highest BCUT2D eigenvalue weighted by atomic mass is 16.5. The molecule has 0 aliphatic carbocycles. The van der Waals surface area contributed by atoms with Crippen molar-refractivity contribution < 1.29 is 24.2 Å². The van der Waals surface area contributed by atoms with E-state index in [0.29, 0.717) is 11.1 Å². The molecule has 1 aliphatic heterocycles. The lowest BCUT2D eigenvalue weighted by molar-refractivity contribution is -0.139. The normalized spacial score (nSPS) is 15.6. The summed E-state index contributed by atoms with van der Waals surface area (Å²) in [5.41, 5.74) is 2.47. The number of H-pyrrole nitrogens is 1. The number of hydrogen-bond acceptors (Lipinski definition) is 8. The zero-order valence-electron chi connectivity index (χ0n) is 20.8. The molecule has 2 atom stereocenters. The Morgan fingerprint density at radius 2 is 1.97 bits per heavy atom. The molecule has 2 amide bonds. The number of carboxylic acids is 1. The maximum atomic E-state index is 12.9. The average Bonchev–Trinajstić information content (AvgIpc) is 3.36. The van der Waals surface area contributed by atoms with Gasteiger partial charge in [0, 0.05) is 30.4 Å². The Kier molecular flexibility index (Phi) is 9.37. The van der Waals surface area contributed by atoms with Gasteiger partial charge in [0.2, 0.25) is 0 Å². The Bertz CT molecular complexity index is 1280. The molecule has 0 radical (unpaired) electrons. The van der Waals surface area contributed by atoms with Crippen LogP contribution in [-0.4, -0.2) is 71.5 Å². The first kappa shape index (κ1) is 26.8. The summed E-state index contributed by atoms with van der Waals surface area (Å²) < 4.78 is 5.08. The summed E-state index contributed by atoms with van der Waals surface area (Å²) in [6.07, 6.45) is 3.45. The maximum absolute atomic E-state index is 12.9. The molecule has 2 heterocycles. The summed E-state index contributed by atoms with van der Waals surface area (Å²) in [5.74, 6) is -1.80. The Morgan fingerprint density at radius 3 is 2.74 bits per heavy atom. The van der Waals surface area contributed by atoms with Crippen molar-refractivity contribution in [1.82, 2.24) is 31.5 Å². The average molecular weight is 522 g/mol. The fourth-order valence-electron chi connectivity index (χ4n) is 4.01. The molecular formula is C26H31N7O5. The number of aromatic amines is 1. The van der Waals surface area contributed by atoms with Crippen LogP contribution in [0.2, 0.25) is 0 Å². The van der Waals surface area contributed by atoms with Crippen LogP contribution in [-0.2, 0) is 22.6 Å². The van der Waals surface area contributed by atoms with Crippen LogP contribution in [0.1, 0.15) is 34.5 Å². The first-order valence-corrected chi connectivity index (χ1v) is 12.4. The summed E-state index contributed by atoms with van der Waals surface area (Å²) in [5, 5.41) is 29.1. The van der Waals surface area contributed by atoms with Gasteiger partial charge in [0.25, 0.3) is 5.91 Å². The zero-order valence-corrected chi connectivity index (χ0v) is 20.8. The molecule has 0 spiro atoms. The van der Waals surface area contributed by atoms with Crippen molar-refractivity contribution in [3.8, 4) is 0 Å². The summed E-state index contributed by atoms with van der Waals surface area (Å²) >= 11 is 0. The number of aliphatic imine (C=N–C) groups is 1. The number of carboxylic acid groups (broad SMARTS) is 1. The molecule has 1 aliphatic rings. The molecule has 2 unspecified atom stereocenters. The lowest BCUT2D eigenvalue weighted by Gasteiger charge is -2.18. The monoisotopic (exact) mass is 521 g/mol. The highest BCUT2D eigenvalue weighted by molar-refractivity contribution is 6.06. The van der Waals surface area contributed by atoms with Gasteiger partial charge in [-0.25, -0.2) is 9.59 Å². The number of nitrogens with zero attached hydrogens (tertiary/aromatic N) is 2. The summed E-state index contributed by atoms with van der Waals surface area (Å²) in [7, 11) is 0. The van der Waals surface area contributed by atoms with Gasteiger partial charge in [0.15, 0.2) is 6.29 Å². The lowest BCUT2D eigenvalue weighted by Crippen LogP contribution is -2.48. The highest BCUT2D eigenvalue weighted by Crippen LogP contribution is 2.21. The van der Waals surface area contributed by atoms with Crippen LogP contribution in [0.15, 0.2) is 53.5 Å². The van der Waals surface area contributed by atoms with E-state index < -0.39 is 24.0 Å². The molecule has 0 fully saturated rings. The number of para-hydroxylation sites is 1. The number of aryl methyl sites for hydroxylation is 1. The second-order valence-electron chi connectivity index (χ2n) is 8.75. The van der Waals surface area contributed by atoms with Gasteiger partial charge in [0.05, 0.1) is 5.56 Å². The van der Waals surface area contributed by atoms with Crippen molar-refractivity contribution in [3.05, 3.63) is 65.4 Å². The predicted octanol–water partition coefficient (Wildman–Crippen LogP) is 1.54. The Labute approximate surface area is 219 Å². The van der Waals surface area contributed by atoms with Crippen LogP contribution >= 0.6 is 0 Å². The van der Waals surface area contributed by atoms with Gasteiger partial charge in [-0.15, -0.1) is 0 Å². The molecule has 12 heteroatoms. The molecule has 0 saturated heterocycles. The van der Waals surface area contributed by atoms with Gasteiger partial charge in [-0.1, -0.05) is 42.5 Å². The number of rotatable bonds is 12. The molecule has 6 N–H and O–H groups in total. The van der Waals surface area contributed by atoms with Crippen molar-refractivity contribution >= 4 is 35.1 Å². The molecule has 3 aromatic rings. The molecule has 2 aromatic carbocycles. The highest BCUT2D eigenvalue weighted by Gasteiger charge is 2.23. The Morgan fingerprint density at radius 1 is 1.13 bits per heavy atom. The number of ether oxygens (including phenoxy) is 1. The van der Waals surface area contributed by atoms with Crippen molar-refractivity contribution in [3.63, 3.8) is 0 Å². The molecule has 12 nitrogen and oxygen atoms in total. The minimum atomic E-state index is -1.37. The molecular weight excluding hydrogens is 490 g/mol. The third kappa shape index (κ3) is 7.37. The van der Waals surface area contributed by atoms with E-state index in [9.17, 15) is 19.5 Å². The third-order valence-corrected chi connectivity index (χ3v) is 5.98. The van der Waals surface area contributed by atoms with Gasteiger partial charge < -0.3 is 20.5 Å². The molecule has 4 rings (SSSR count). The van der Waals surface area contributed by atoms with E-state index in [-0.39, 0.29) is 19.4 Å². The molecule has 0 saturated carbocycles. The van der Waals surface area contributed by atoms with E-state index in [2.05, 4.69) is 36.5 Å². The van der Waals surface area contributed by atoms with E-state index in [1.54, 1.807) is 36.4 Å². The predicted molar refractivity (Wildman–Crippen MR) is 141 cm³/mol. The SMILES string of the molecule is O=C(NC(CNC(=O)c1cccc2c(CCCNC3N=CCCN3)[nH]nc12)C(=O)O)OCc1ccccc1. The van der Waals surface area contributed by atoms with Gasteiger partial charge in [-0.2, -0.15) is 5.10 Å². The molecule has 0 bridgehead atoms. The number of fused-ring (bicyclic) bond motifs is 1. The number of alkyl carbamates (subject to hydrolysis) is 1. The van der Waals surface area contributed by atoms with E-state index in [4.69, 9.17) is 4.74 Å². The number of hydrogen-bond donors (Lipinski definition) is 6. The third-order valence-electron chi connectivity index (χ3n) is 5.98. The zero-order chi connectivity index (χ0) is 26.7. The minimum absolute atomic E-state index is 0.00364. The smallest absolute Gasteiger partial charge is 0.408 e. The van der Waals surface area contributed by atoms with Gasteiger partial charge in [-0.3, -0.25) is 25.5 Å². The standard InChI is InChI=1S/C26H31N7O5/c34-23(30-15-21(24(35)36)31-26(37)38-16-17-7-2-1-3-8-17)19-10-4-9-18-20(32-33-22(18)19)11-5-12-27-25-28-13-6-14-29-25/h1-4,7-10,13,21,25,27,29H,5-6,11-12,14-16H2,(H,30,34)(H,31,37)(H,32,33)(H,35,36). The first-order valence-electron chi connectivity index (χ1n) is 12.4. The second kappa shape index (κ2) is 13.3. The van der Waals surface area contributed by atoms with Crippen LogP contribution < -0.4 is 21.3 Å². The number of nitrogens with one attached hydrogen (secondary N) is 5. The van der Waals surface area contributed by atoms with Crippen molar-refractivity contribution in [2.24, 2.45) is 4.99 Å². The van der Waals surface area contributed by atoms with Gasteiger partial charge >= 0.3 is 12.1 Å². The van der Waals surface area contributed by atoms with Crippen molar-refractivity contribution in [2.75, 3.05) is 19.6 Å². The maximum Gasteiger partial charge on any atom is 0.408 e. The number of carbonyl (C=O) groups is 3. The Hall–Kier alpha value is -4.29. The minimum Gasteiger partial charge on any atom is -0.480 e. The van der Waals surface area contributed by atoms with Crippen LogP contribution in [0.5, 0.6) is 0 Å². The van der Waals surface area contributed by atoms with Crippen molar-refractivity contribution in [2.45, 2.75) is 38.2 Å². The molecule has 38 heavy (non-hydrogen) atoms. The summed E-state index contributed by atoms with van der Waals surface area (Å²) in [6.45, 7) is 1.33. The van der Waals surface area contributed by atoms with E-state index in [1.165, 1.54) is 0 Å². The summed E-state index contributed by atoms with van der Waals surface area (Å²) in [6, 6.07) is 12.9. The lowest BCUT2D eigenvalue weighted by atomic mass is 10.1. The van der Waals surface area contributed by atoms with E-state index >= 15 is 0 Å². The summed E-state index contributed by atoms with van der Waals surface area (Å²) in [4.78, 5) is 41.0. The van der Waals surface area contributed by atoms with Crippen molar-refractivity contribution in [1.29, 1.82) is 0 Å². The largest absolute Gasteiger partial charge is 0.480 e. The first-order chi connectivity index (χ1) is 18.5. The second-order valence-corrected chi connectivity index (χ2v) is 8.75. The van der Waals surface area contributed by atoms with Crippen LogP contribution in [0.4, 0.5) is 4.79 Å². The number of aromatic nitrogens is 2. The van der Waals surface area contributed by atoms with Crippen LogP contribution in [0.3, 0.4) is 0 Å². The Balaban J connectivity index is 1.29. The fourth-order valence-corrected chi connectivity index (χ4v) is 4.01. The van der Waals surface area contributed by atoms with Gasteiger partial charge in [-0.05, 0) is 37.4 Å².